The molecule has 2 N–H and O–H groups in total. The monoisotopic (exact) mass is 267 g/mol. The molecule has 5 nitrogen and oxygen atoms in total. The first kappa shape index (κ1) is 13.7. The molecule has 1 heterocycles. The normalized spacial score (nSPS) is 23.1. The maximum atomic E-state index is 13.2. The average molecular weight is 267 g/mol. The van der Waals surface area contributed by atoms with Crippen LogP contribution in [0.15, 0.2) is 18.2 Å². The fourth-order valence-corrected chi connectivity index (χ4v) is 2.39. The van der Waals surface area contributed by atoms with Crippen molar-refractivity contribution in [3.05, 3.63) is 34.1 Å². The summed E-state index contributed by atoms with van der Waals surface area (Å²) in [6.45, 7) is 4.58. The minimum absolute atomic E-state index is 0.0401. The molecule has 1 aliphatic heterocycles. The van der Waals surface area contributed by atoms with Crippen molar-refractivity contribution in [2.45, 2.75) is 19.8 Å². The van der Waals surface area contributed by atoms with E-state index in [1.807, 2.05) is 0 Å². The van der Waals surface area contributed by atoms with Gasteiger partial charge in [0.1, 0.15) is 11.5 Å². The smallest absolute Gasteiger partial charge is 0.292 e. The lowest BCUT2D eigenvalue weighted by atomic mass is 9.83. The number of nitrogens with one attached hydrogen (secondary N) is 2. The molecule has 0 amide bonds. The third-order valence-corrected chi connectivity index (χ3v) is 3.55. The van der Waals surface area contributed by atoms with Crippen LogP contribution in [-0.2, 0) is 0 Å². The van der Waals surface area contributed by atoms with Crippen molar-refractivity contribution in [2.75, 3.05) is 25.0 Å². The van der Waals surface area contributed by atoms with Crippen molar-refractivity contribution in [1.82, 2.24) is 5.32 Å². The highest BCUT2D eigenvalue weighted by Crippen LogP contribution is 2.29. The molecule has 0 saturated carbocycles. The van der Waals surface area contributed by atoms with Crippen molar-refractivity contribution in [1.29, 1.82) is 0 Å². The van der Waals surface area contributed by atoms with Gasteiger partial charge in [-0.05, 0) is 30.9 Å². The molecule has 0 aromatic heterocycles. The molecule has 0 radical (unpaired) electrons. The number of benzene rings is 1. The highest BCUT2D eigenvalue weighted by Gasteiger charge is 2.27. The van der Waals surface area contributed by atoms with Crippen LogP contribution in [0.5, 0.6) is 0 Å². The third kappa shape index (κ3) is 3.41. The van der Waals surface area contributed by atoms with Gasteiger partial charge in [0.05, 0.1) is 4.92 Å². The fraction of sp³-hybridized carbons (Fsp3) is 0.538. The number of anilines is 1. The van der Waals surface area contributed by atoms with E-state index in [1.54, 1.807) is 0 Å². The molecule has 1 fully saturated rings. The molecule has 104 valence electrons. The first-order valence-corrected chi connectivity index (χ1v) is 6.39. The van der Waals surface area contributed by atoms with E-state index in [2.05, 4.69) is 17.6 Å². The summed E-state index contributed by atoms with van der Waals surface area (Å²) in [6.07, 6.45) is 2.14. The molecule has 0 aliphatic carbocycles. The van der Waals surface area contributed by atoms with Gasteiger partial charge in [-0.3, -0.25) is 10.1 Å². The van der Waals surface area contributed by atoms with Crippen molar-refractivity contribution < 1.29 is 9.31 Å². The van der Waals surface area contributed by atoms with Gasteiger partial charge in [-0.25, -0.2) is 4.39 Å². The van der Waals surface area contributed by atoms with E-state index in [1.165, 1.54) is 12.1 Å². The van der Waals surface area contributed by atoms with Gasteiger partial charge in [0, 0.05) is 25.2 Å². The lowest BCUT2D eigenvalue weighted by Gasteiger charge is -2.34. The fourth-order valence-electron chi connectivity index (χ4n) is 2.39. The molecule has 1 saturated heterocycles. The van der Waals surface area contributed by atoms with Gasteiger partial charge >= 0.3 is 0 Å². The zero-order valence-corrected chi connectivity index (χ0v) is 10.9. The molecular weight excluding hydrogens is 249 g/mol. The van der Waals surface area contributed by atoms with Gasteiger partial charge in [-0.2, -0.15) is 0 Å². The summed E-state index contributed by atoms with van der Waals surface area (Å²) in [4.78, 5) is 10.4. The first-order chi connectivity index (χ1) is 9.00. The van der Waals surface area contributed by atoms with Crippen LogP contribution in [0.2, 0.25) is 0 Å². The van der Waals surface area contributed by atoms with Gasteiger partial charge in [0.2, 0.25) is 0 Å². The Morgan fingerprint density at radius 2 is 2.37 bits per heavy atom. The van der Waals surface area contributed by atoms with E-state index in [0.29, 0.717) is 6.54 Å². The Kier molecular flexibility index (Phi) is 3.99. The second-order valence-electron chi connectivity index (χ2n) is 5.36. The predicted octanol–water partition coefficient (Wildman–Crippen LogP) is 2.54. The Hall–Kier alpha value is -1.69. The van der Waals surface area contributed by atoms with E-state index >= 15 is 0 Å². The molecule has 1 atom stereocenters. The summed E-state index contributed by atoms with van der Waals surface area (Å²) in [5.74, 6) is -0.472. The predicted molar refractivity (Wildman–Crippen MR) is 71.8 cm³/mol. The maximum absolute atomic E-state index is 13.2. The molecule has 6 heteroatoms. The van der Waals surface area contributed by atoms with Crippen LogP contribution in [0.4, 0.5) is 15.8 Å². The summed E-state index contributed by atoms with van der Waals surface area (Å²) >= 11 is 0. The number of nitrogens with zero attached hydrogens (tertiary/aromatic N) is 1. The molecule has 0 bridgehead atoms. The molecular formula is C13H18FN3O2. The van der Waals surface area contributed by atoms with Gasteiger partial charge in [-0.15, -0.1) is 0 Å². The van der Waals surface area contributed by atoms with Crippen LogP contribution >= 0.6 is 0 Å². The Bertz CT molecular complexity index is 473. The summed E-state index contributed by atoms with van der Waals surface area (Å²) in [6, 6.07) is 3.48. The quantitative estimate of drug-likeness (QED) is 0.650. The molecule has 1 aromatic carbocycles. The van der Waals surface area contributed by atoms with Crippen LogP contribution < -0.4 is 10.6 Å². The lowest BCUT2D eigenvalue weighted by molar-refractivity contribution is -0.384. The Balaban J connectivity index is 2.10. The average Bonchev–Trinajstić information content (AvgIpc) is 2.37. The van der Waals surface area contributed by atoms with Gasteiger partial charge in [0.25, 0.3) is 5.69 Å². The van der Waals surface area contributed by atoms with E-state index in [4.69, 9.17) is 0 Å². The van der Waals surface area contributed by atoms with E-state index in [-0.39, 0.29) is 16.8 Å². The standard InChI is InChI=1S/C13H18FN3O2/c1-13(5-2-6-15-8-13)9-16-11-7-10(14)3-4-12(11)17(18)19/h3-4,7,15-16H,2,5-6,8-9H2,1H3. The largest absolute Gasteiger partial charge is 0.379 e. The summed E-state index contributed by atoms with van der Waals surface area (Å²) in [5, 5.41) is 17.2. The molecule has 0 spiro atoms. The van der Waals surface area contributed by atoms with Crippen molar-refractivity contribution in [2.24, 2.45) is 5.41 Å². The Morgan fingerprint density at radius 3 is 3.00 bits per heavy atom. The highest BCUT2D eigenvalue weighted by atomic mass is 19.1. The number of rotatable bonds is 4. The number of nitro groups is 1. The van der Waals surface area contributed by atoms with E-state index in [0.717, 1.165) is 32.0 Å². The Morgan fingerprint density at radius 1 is 1.58 bits per heavy atom. The van der Waals surface area contributed by atoms with Gasteiger partial charge < -0.3 is 10.6 Å². The summed E-state index contributed by atoms with van der Waals surface area (Å²) in [5.41, 5.74) is 0.198. The van der Waals surface area contributed by atoms with Crippen molar-refractivity contribution in [3.63, 3.8) is 0 Å². The second-order valence-corrected chi connectivity index (χ2v) is 5.36. The lowest BCUT2D eigenvalue weighted by Crippen LogP contribution is -2.42. The molecule has 19 heavy (non-hydrogen) atoms. The van der Waals surface area contributed by atoms with Crippen LogP contribution in [-0.4, -0.2) is 24.6 Å². The maximum Gasteiger partial charge on any atom is 0.292 e. The molecule has 1 aromatic rings. The van der Waals surface area contributed by atoms with Crippen molar-refractivity contribution >= 4 is 11.4 Å². The zero-order chi connectivity index (χ0) is 13.9. The van der Waals surface area contributed by atoms with Crippen molar-refractivity contribution in [3.8, 4) is 0 Å². The third-order valence-electron chi connectivity index (χ3n) is 3.55. The second kappa shape index (κ2) is 5.52. The summed E-state index contributed by atoms with van der Waals surface area (Å²) in [7, 11) is 0. The first-order valence-electron chi connectivity index (χ1n) is 6.39. The van der Waals surface area contributed by atoms with Gasteiger partial charge in [0.15, 0.2) is 0 Å². The molecule has 1 aliphatic rings. The van der Waals surface area contributed by atoms with Crippen LogP contribution in [0, 0.1) is 21.3 Å². The number of hydrogen-bond acceptors (Lipinski definition) is 4. The Labute approximate surface area is 111 Å². The number of piperidine rings is 1. The SMILES string of the molecule is CC1(CNc2cc(F)ccc2[N+](=O)[O-])CCCNC1. The van der Waals surface area contributed by atoms with Crippen LogP contribution in [0.1, 0.15) is 19.8 Å². The van der Waals surface area contributed by atoms with E-state index < -0.39 is 10.7 Å². The topological polar surface area (TPSA) is 67.2 Å². The molecule has 1 unspecified atom stereocenters. The number of halogens is 1. The van der Waals surface area contributed by atoms with Crippen LogP contribution in [0.25, 0.3) is 0 Å². The minimum atomic E-state index is -0.497. The molecule has 2 rings (SSSR count). The number of nitro benzene ring substituents is 1. The number of hydrogen-bond donors (Lipinski definition) is 2. The van der Waals surface area contributed by atoms with Gasteiger partial charge in [-0.1, -0.05) is 6.92 Å². The van der Waals surface area contributed by atoms with Crippen LogP contribution in [0.3, 0.4) is 0 Å². The highest BCUT2D eigenvalue weighted by molar-refractivity contribution is 5.61. The zero-order valence-electron chi connectivity index (χ0n) is 10.9. The summed E-state index contributed by atoms with van der Waals surface area (Å²) < 4.78 is 13.2. The minimum Gasteiger partial charge on any atom is -0.379 e. The van der Waals surface area contributed by atoms with E-state index in [9.17, 15) is 14.5 Å².